The van der Waals surface area contributed by atoms with E-state index in [-0.39, 0.29) is 5.39 Å². The van der Waals surface area contributed by atoms with Crippen LogP contribution >= 0.6 is 0 Å². The van der Waals surface area contributed by atoms with Gasteiger partial charge in [-0.3, -0.25) is 9.89 Å². The van der Waals surface area contributed by atoms with Crippen molar-refractivity contribution in [2.45, 2.75) is 12.4 Å². The zero-order chi connectivity index (χ0) is 15.8. The van der Waals surface area contributed by atoms with Crippen molar-refractivity contribution in [3.05, 3.63) is 24.3 Å². The minimum absolute atomic E-state index is 0.203. The number of fused-ring (bicyclic) bond motifs is 1. The maximum absolute atomic E-state index is 12.4. The van der Waals surface area contributed by atoms with E-state index in [2.05, 4.69) is 10.2 Å². The predicted octanol–water partition coefficient (Wildman–Crippen LogP) is 3.24. The molecular weight excluding hydrogens is 304 g/mol. The van der Waals surface area contributed by atoms with E-state index in [1.807, 2.05) is 0 Å². The van der Waals surface area contributed by atoms with Gasteiger partial charge in [0.2, 0.25) is 11.8 Å². The Hall–Kier alpha value is -2.26. The fraction of sp³-hybridized carbons (Fsp3) is 0.273. The average molecular weight is 311 g/mol. The van der Waals surface area contributed by atoms with Crippen molar-refractivity contribution in [3.63, 3.8) is 0 Å². The van der Waals surface area contributed by atoms with Gasteiger partial charge >= 0.3 is 12.4 Å². The Morgan fingerprint density at radius 2 is 1.67 bits per heavy atom. The molecule has 2 N–H and O–H groups in total. The van der Waals surface area contributed by atoms with Crippen LogP contribution in [-0.2, 0) is 4.79 Å². The van der Waals surface area contributed by atoms with Gasteiger partial charge in [0.1, 0.15) is 0 Å². The van der Waals surface area contributed by atoms with E-state index in [1.54, 1.807) is 11.4 Å². The third kappa shape index (κ3) is 3.09. The number of carbonyl (C=O) groups is 1. The number of carbonyl (C=O) groups excluding carboxylic acids is 1. The molecule has 0 fully saturated rings. The van der Waals surface area contributed by atoms with Gasteiger partial charge in [0, 0.05) is 5.39 Å². The van der Waals surface area contributed by atoms with E-state index in [4.69, 9.17) is 0 Å². The van der Waals surface area contributed by atoms with E-state index in [0.717, 1.165) is 0 Å². The molecule has 0 aliphatic heterocycles. The van der Waals surface area contributed by atoms with E-state index < -0.39 is 30.0 Å². The van der Waals surface area contributed by atoms with E-state index >= 15 is 0 Å². The third-order valence-corrected chi connectivity index (χ3v) is 2.63. The fourth-order valence-electron chi connectivity index (χ4n) is 1.73. The summed E-state index contributed by atoms with van der Waals surface area (Å²) in [5.41, 5.74) is 0.364. The molecule has 1 aromatic heterocycles. The number of rotatable bonds is 2. The van der Waals surface area contributed by atoms with Gasteiger partial charge in [0.25, 0.3) is 0 Å². The highest BCUT2D eigenvalue weighted by Crippen LogP contribution is 2.40. The maximum Gasteiger partial charge on any atom is 0.409 e. The van der Waals surface area contributed by atoms with Crippen molar-refractivity contribution in [1.29, 1.82) is 0 Å². The van der Waals surface area contributed by atoms with E-state index in [0.29, 0.717) is 5.52 Å². The minimum atomic E-state index is -5.74. The summed E-state index contributed by atoms with van der Waals surface area (Å²) in [7, 11) is 0. The van der Waals surface area contributed by atoms with Crippen LogP contribution in [0.1, 0.15) is 0 Å². The second kappa shape index (κ2) is 4.93. The van der Waals surface area contributed by atoms with Crippen LogP contribution in [0.2, 0.25) is 0 Å². The number of aromatic nitrogens is 2. The summed E-state index contributed by atoms with van der Waals surface area (Å²) in [6.07, 6.45) is -11.5. The summed E-state index contributed by atoms with van der Waals surface area (Å²) in [6.45, 7) is 0. The number of nitrogens with zero attached hydrogens (tertiary/aromatic N) is 1. The van der Waals surface area contributed by atoms with Crippen LogP contribution in [-0.4, -0.2) is 28.5 Å². The van der Waals surface area contributed by atoms with Crippen LogP contribution < -0.4 is 5.32 Å². The second-order valence-corrected chi connectivity index (χ2v) is 4.12. The van der Waals surface area contributed by atoms with Crippen LogP contribution in [0.25, 0.3) is 10.9 Å². The zero-order valence-corrected chi connectivity index (χ0v) is 10.0. The van der Waals surface area contributed by atoms with Crippen molar-refractivity contribution >= 4 is 22.6 Å². The first-order valence-electron chi connectivity index (χ1n) is 5.48. The van der Waals surface area contributed by atoms with Crippen LogP contribution in [0.5, 0.6) is 0 Å². The second-order valence-electron chi connectivity index (χ2n) is 4.12. The summed E-state index contributed by atoms with van der Waals surface area (Å²) in [6, 6.07) is 5.98. The fourth-order valence-corrected chi connectivity index (χ4v) is 1.73. The molecule has 1 amide bonds. The smallest absolute Gasteiger partial charge is 0.308 e. The number of aromatic amines is 1. The van der Waals surface area contributed by atoms with Gasteiger partial charge in [-0.2, -0.15) is 31.4 Å². The summed E-state index contributed by atoms with van der Waals surface area (Å²) >= 11 is 0. The molecule has 0 aliphatic carbocycles. The lowest BCUT2D eigenvalue weighted by Gasteiger charge is -2.21. The van der Waals surface area contributed by atoms with Crippen molar-refractivity contribution in [3.8, 4) is 0 Å². The highest BCUT2D eigenvalue weighted by molar-refractivity contribution is 6.00. The summed E-state index contributed by atoms with van der Waals surface area (Å²) in [5, 5.41) is 7.63. The van der Waals surface area contributed by atoms with E-state index in [1.165, 1.54) is 18.2 Å². The molecule has 0 bridgehead atoms. The molecular formula is C11H7F6N3O. The van der Waals surface area contributed by atoms with Gasteiger partial charge in [-0.15, -0.1) is 0 Å². The van der Waals surface area contributed by atoms with Crippen LogP contribution in [0.3, 0.4) is 0 Å². The average Bonchev–Trinajstić information content (AvgIpc) is 2.69. The topological polar surface area (TPSA) is 57.8 Å². The maximum atomic E-state index is 12.4. The lowest BCUT2D eigenvalue weighted by atomic mass is 10.1. The Morgan fingerprint density at radius 1 is 1.10 bits per heavy atom. The van der Waals surface area contributed by atoms with Crippen LogP contribution in [0.4, 0.5) is 32.2 Å². The monoisotopic (exact) mass is 311 g/mol. The number of nitrogens with one attached hydrogen (secondary N) is 2. The molecule has 0 unspecified atom stereocenters. The van der Waals surface area contributed by atoms with E-state index in [9.17, 15) is 31.1 Å². The quantitative estimate of drug-likeness (QED) is 0.837. The Morgan fingerprint density at radius 3 is 2.24 bits per heavy atom. The van der Waals surface area contributed by atoms with Crippen molar-refractivity contribution in [1.82, 2.24) is 10.2 Å². The number of hydrogen-bond donors (Lipinski definition) is 2. The molecule has 0 radical (unpaired) electrons. The van der Waals surface area contributed by atoms with Crippen LogP contribution in [0, 0.1) is 5.92 Å². The molecule has 2 aromatic rings. The minimum Gasteiger partial charge on any atom is -0.308 e. The molecule has 0 saturated heterocycles. The molecule has 2 rings (SSSR count). The van der Waals surface area contributed by atoms with Gasteiger partial charge in [0.05, 0.1) is 5.52 Å². The number of alkyl halides is 6. The summed E-state index contributed by atoms with van der Waals surface area (Å²) in [4.78, 5) is 11.3. The molecule has 1 heterocycles. The van der Waals surface area contributed by atoms with Gasteiger partial charge < -0.3 is 5.32 Å². The summed E-state index contributed by atoms with van der Waals surface area (Å²) in [5.74, 6) is -6.73. The molecule has 4 nitrogen and oxygen atoms in total. The number of hydrogen-bond acceptors (Lipinski definition) is 2. The Bertz CT molecular complexity index is 646. The molecule has 0 aliphatic rings. The summed E-state index contributed by atoms with van der Waals surface area (Å²) < 4.78 is 74.4. The first-order chi connectivity index (χ1) is 9.60. The first kappa shape index (κ1) is 15.1. The molecule has 0 atom stereocenters. The lowest BCUT2D eigenvalue weighted by Crippen LogP contribution is -2.45. The number of H-pyrrole nitrogens is 1. The normalized spacial score (nSPS) is 12.9. The molecule has 1 aromatic carbocycles. The SMILES string of the molecule is O=C(Nc1n[nH]c2ccccc12)C(C(F)(F)F)C(F)(F)F. The van der Waals surface area contributed by atoms with Crippen molar-refractivity contribution < 1.29 is 31.1 Å². The number of benzene rings is 1. The zero-order valence-electron chi connectivity index (χ0n) is 10.0. The Balaban J connectivity index is 2.31. The van der Waals surface area contributed by atoms with Gasteiger partial charge in [0.15, 0.2) is 5.82 Å². The third-order valence-electron chi connectivity index (χ3n) is 2.63. The number of anilines is 1. The molecule has 10 heteroatoms. The number of para-hydroxylation sites is 1. The number of halogens is 6. The Labute approximate surface area is 113 Å². The highest BCUT2D eigenvalue weighted by atomic mass is 19.4. The van der Waals surface area contributed by atoms with Crippen molar-refractivity contribution in [2.75, 3.05) is 5.32 Å². The largest absolute Gasteiger partial charge is 0.409 e. The van der Waals surface area contributed by atoms with Gasteiger partial charge in [-0.05, 0) is 12.1 Å². The molecule has 0 saturated carbocycles. The first-order valence-corrected chi connectivity index (χ1v) is 5.48. The lowest BCUT2D eigenvalue weighted by molar-refractivity contribution is -0.272. The number of amides is 1. The molecule has 21 heavy (non-hydrogen) atoms. The van der Waals surface area contributed by atoms with Gasteiger partial charge in [-0.25, -0.2) is 0 Å². The predicted molar refractivity (Wildman–Crippen MR) is 60.3 cm³/mol. The highest BCUT2D eigenvalue weighted by Gasteiger charge is 2.61. The Kier molecular flexibility index (Phi) is 3.56. The van der Waals surface area contributed by atoms with Gasteiger partial charge in [-0.1, -0.05) is 12.1 Å². The standard InChI is InChI=1S/C11H7F6N3O/c12-10(13,14)7(11(15,16)17)9(21)18-8-5-3-1-2-4-6(5)19-20-8/h1-4,7H,(H2,18,19,20,21). The van der Waals surface area contributed by atoms with Crippen molar-refractivity contribution in [2.24, 2.45) is 5.92 Å². The molecule has 0 spiro atoms. The van der Waals surface area contributed by atoms with Crippen LogP contribution in [0.15, 0.2) is 24.3 Å². The molecule has 114 valence electrons.